The largest absolute Gasteiger partial charge is 0.481 e. The number of nitro groups is 1. The molecule has 0 saturated carbocycles. The van der Waals surface area contributed by atoms with Gasteiger partial charge in [-0.1, -0.05) is 12.1 Å². The van der Waals surface area contributed by atoms with Crippen LogP contribution >= 0.6 is 0 Å². The van der Waals surface area contributed by atoms with Crippen molar-refractivity contribution in [2.24, 2.45) is 0 Å². The van der Waals surface area contributed by atoms with E-state index in [2.05, 4.69) is 0 Å². The molecule has 0 fully saturated rings. The molecular formula is C11H9NO5. The molecule has 0 aliphatic rings. The Morgan fingerprint density at radius 3 is 2.59 bits per heavy atom. The highest BCUT2D eigenvalue weighted by atomic mass is 16.6. The SMILES string of the molecule is O=C(O)CC(=O)/C=C/c1ccccc1[N+](=O)[O-]. The molecule has 1 aromatic rings. The number of carboxylic acid groups (broad SMARTS) is 1. The molecule has 0 atom stereocenters. The second-order valence-corrected chi connectivity index (χ2v) is 3.19. The van der Waals surface area contributed by atoms with Crippen LogP contribution < -0.4 is 0 Å². The molecule has 17 heavy (non-hydrogen) atoms. The number of para-hydroxylation sites is 1. The zero-order valence-electron chi connectivity index (χ0n) is 8.70. The van der Waals surface area contributed by atoms with Crippen molar-refractivity contribution in [3.8, 4) is 0 Å². The van der Waals surface area contributed by atoms with Crippen molar-refractivity contribution in [1.29, 1.82) is 0 Å². The molecule has 1 rings (SSSR count). The maximum absolute atomic E-state index is 11.1. The predicted octanol–water partition coefficient (Wildman–Crippen LogP) is 1.65. The standard InChI is InChI=1S/C11H9NO5/c13-9(7-11(14)15)6-5-8-3-1-2-4-10(8)12(16)17/h1-6H,7H2,(H,14,15)/b6-5+. The highest BCUT2D eigenvalue weighted by Gasteiger charge is 2.10. The quantitative estimate of drug-likeness (QED) is 0.362. The topological polar surface area (TPSA) is 97.5 Å². The lowest BCUT2D eigenvalue weighted by Gasteiger charge is -1.95. The van der Waals surface area contributed by atoms with Gasteiger partial charge in [0.1, 0.15) is 6.42 Å². The smallest absolute Gasteiger partial charge is 0.311 e. The van der Waals surface area contributed by atoms with Gasteiger partial charge in [-0.25, -0.2) is 0 Å². The van der Waals surface area contributed by atoms with E-state index >= 15 is 0 Å². The number of carboxylic acids is 1. The van der Waals surface area contributed by atoms with E-state index in [1.165, 1.54) is 24.3 Å². The number of nitro benzene ring substituents is 1. The van der Waals surface area contributed by atoms with Crippen molar-refractivity contribution in [3.63, 3.8) is 0 Å². The monoisotopic (exact) mass is 235 g/mol. The molecule has 0 aliphatic heterocycles. The first-order chi connectivity index (χ1) is 8.00. The summed E-state index contributed by atoms with van der Waals surface area (Å²) in [6.45, 7) is 0. The molecule has 1 aromatic carbocycles. The average Bonchev–Trinajstić information content (AvgIpc) is 2.25. The van der Waals surface area contributed by atoms with Crippen LogP contribution in [0.15, 0.2) is 30.3 Å². The van der Waals surface area contributed by atoms with E-state index in [9.17, 15) is 19.7 Å². The van der Waals surface area contributed by atoms with Gasteiger partial charge in [0.05, 0.1) is 10.5 Å². The number of aliphatic carboxylic acids is 1. The Morgan fingerprint density at radius 1 is 1.35 bits per heavy atom. The van der Waals surface area contributed by atoms with Gasteiger partial charge in [-0.15, -0.1) is 0 Å². The zero-order chi connectivity index (χ0) is 12.8. The fourth-order valence-corrected chi connectivity index (χ4v) is 1.19. The second kappa shape index (κ2) is 5.55. The van der Waals surface area contributed by atoms with E-state index < -0.39 is 23.1 Å². The lowest BCUT2D eigenvalue weighted by Crippen LogP contribution is -2.03. The van der Waals surface area contributed by atoms with Crippen LogP contribution in [0.2, 0.25) is 0 Å². The van der Waals surface area contributed by atoms with E-state index in [-0.39, 0.29) is 11.3 Å². The van der Waals surface area contributed by atoms with Gasteiger partial charge >= 0.3 is 5.97 Å². The number of rotatable bonds is 5. The molecule has 0 amide bonds. The number of ketones is 1. The summed E-state index contributed by atoms with van der Waals surface area (Å²) in [5.41, 5.74) is 0.128. The average molecular weight is 235 g/mol. The van der Waals surface area contributed by atoms with Gasteiger partial charge in [-0.2, -0.15) is 0 Å². The van der Waals surface area contributed by atoms with Crippen LogP contribution in [0.4, 0.5) is 5.69 Å². The Labute approximate surface area is 96.3 Å². The lowest BCUT2D eigenvalue weighted by atomic mass is 10.1. The van der Waals surface area contributed by atoms with E-state index in [0.717, 1.165) is 6.08 Å². The maximum Gasteiger partial charge on any atom is 0.311 e. The molecule has 88 valence electrons. The van der Waals surface area contributed by atoms with E-state index in [1.54, 1.807) is 6.07 Å². The van der Waals surface area contributed by atoms with Crippen LogP contribution in [-0.2, 0) is 9.59 Å². The third-order valence-electron chi connectivity index (χ3n) is 1.91. The summed E-state index contributed by atoms with van der Waals surface area (Å²) in [4.78, 5) is 31.4. The molecule has 6 heteroatoms. The Balaban J connectivity index is 2.88. The summed E-state index contributed by atoms with van der Waals surface area (Å²) >= 11 is 0. The van der Waals surface area contributed by atoms with Crippen molar-refractivity contribution in [1.82, 2.24) is 0 Å². The van der Waals surface area contributed by atoms with Crippen molar-refractivity contribution < 1.29 is 19.6 Å². The summed E-state index contributed by atoms with van der Waals surface area (Å²) in [5, 5.41) is 19.0. The van der Waals surface area contributed by atoms with E-state index in [1.807, 2.05) is 0 Å². The molecular weight excluding hydrogens is 226 g/mol. The summed E-state index contributed by atoms with van der Waals surface area (Å²) in [5.74, 6) is -1.85. The first-order valence-corrected chi connectivity index (χ1v) is 4.67. The minimum absolute atomic E-state index is 0.133. The van der Waals surface area contributed by atoms with Gasteiger partial charge < -0.3 is 5.11 Å². The highest BCUT2D eigenvalue weighted by molar-refractivity contribution is 6.03. The van der Waals surface area contributed by atoms with Crippen molar-refractivity contribution >= 4 is 23.5 Å². The zero-order valence-corrected chi connectivity index (χ0v) is 8.70. The fourth-order valence-electron chi connectivity index (χ4n) is 1.19. The number of carbonyl (C=O) groups is 2. The number of hydrogen-bond acceptors (Lipinski definition) is 4. The van der Waals surface area contributed by atoms with Gasteiger partial charge in [-0.05, 0) is 18.2 Å². The van der Waals surface area contributed by atoms with Crippen LogP contribution in [0.3, 0.4) is 0 Å². The summed E-state index contributed by atoms with van der Waals surface area (Å²) in [6.07, 6.45) is 1.64. The predicted molar refractivity (Wildman–Crippen MR) is 59.4 cm³/mol. The highest BCUT2D eigenvalue weighted by Crippen LogP contribution is 2.18. The first-order valence-electron chi connectivity index (χ1n) is 4.67. The van der Waals surface area contributed by atoms with Crippen LogP contribution in [0.1, 0.15) is 12.0 Å². The molecule has 0 saturated heterocycles. The van der Waals surface area contributed by atoms with Crippen LogP contribution in [0.25, 0.3) is 6.08 Å². The Kier molecular flexibility index (Phi) is 4.10. The molecule has 0 heterocycles. The third kappa shape index (κ3) is 3.86. The van der Waals surface area contributed by atoms with Gasteiger partial charge in [-0.3, -0.25) is 19.7 Å². The van der Waals surface area contributed by atoms with Crippen molar-refractivity contribution in [3.05, 3.63) is 46.0 Å². The molecule has 6 nitrogen and oxygen atoms in total. The number of hydrogen-bond donors (Lipinski definition) is 1. The minimum atomic E-state index is -1.23. The van der Waals surface area contributed by atoms with Crippen molar-refractivity contribution in [2.75, 3.05) is 0 Å². The molecule has 0 radical (unpaired) electrons. The van der Waals surface area contributed by atoms with E-state index in [0.29, 0.717) is 0 Å². The van der Waals surface area contributed by atoms with Crippen LogP contribution in [-0.4, -0.2) is 21.8 Å². The van der Waals surface area contributed by atoms with Gasteiger partial charge in [0.2, 0.25) is 0 Å². The molecule has 0 unspecified atom stereocenters. The molecule has 0 bridgehead atoms. The van der Waals surface area contributed by atoms with Crippen LogP contribution in [0, 0.1) is 10.1 Å². The molecule has 1 N–H and O–H groups in total. The third-order valence-corrected chi connectivity index (χ3v) is 1.91. The Bertz CT molecular complexity index is 492. The molecule has 0 aliphatic carbocycles. The number of allylic oxidation sites excluding steroid dienone is 1. The van der Waals surface area contributed by atoms with Crippen LogP contribution in [0.5, 0.6) is 0 Å². The fraction of sp³-hybridized carbons (Fsp3) is 0.0909. The summed E-state index contributed by atoms with van der Waals surface area (Å²) in [7, 11) is 0. The van der Waals surface area contributed by atoms with Gasteiger partial charge in [0, 0.05) is 6.07 Å². The molecule has 0 aromatic heterocycles. The maximum atomic E-state index is 11.1. The summed E-state index contributed by atoms with van der Waals surface area (Å²) in [6, 6.07) is 5.88. The first kappa shape index (κ1) is 12.6. The number of benzene rings is 1. The minimum Gasteiger partial charge on any atom is -0.481 e. The normalized spacial score (nSPS) is 10.4. The molecule has 0 spiro atoms. The van der Waals surface area contributed by atoms with E-state index in [4.69, 9.17) is 5.11 Å². The Hall–Kier alpha value is -2.50. The van der Waals surface area contributed by atoms with Crippen molar-refractivity contribution in [2.45, 2.75) is 6.42 Å². The van der Waals surface area contributed by atoms with Gasteiger partial charge in [0.15, 0.2) is 5.78 Å². The summed E-state index contributed by atoms with van der Waals surface area (Å²) < 4.78 is 0. The number of nitrogens with zero attached hydrogens (tertiary/aromatic N) is 1. The Morgan fingerprint density at radius 2 is 2.00 bits per heavy atom. The lowest BCUT2D eigenvalue weighted by molar-refractivity contribution is -0.385. The van der Waals surface area contributed by atoms with Gasteiger partial charge in [0.25, 0.3) is 5.69 Å². The second-order valence-electron chi connectivity index (χ2n) is 3.19. The number of carbonyl (C=O) groups excluding carboxylic acids is 1.